The maximum absolute atomic E-state index is 14.0. The number of ether oxygens (including phenoxy) is 2. The molecule has 2 aliphatic carbocycles. The van der Waals surface area contributed by atoms with E-state index in [2.05, 4.69) is 63.6 Å². The van der Waals surface area contributed by atoms with Gasteiger partial charge in [0.05, 0.1) is 43.4 Å². The summed E-state index contributed by atoms with van der Waals surface area (Å²) in [4.78, 5) is 11.4. The third-order valence-electron chi connectivity index (χ3n) is 12.2. The zero-order chi connectivity index (χ0) is 40.1. The molecule has 2 saturated carbocycles. The number of nitrogens with one attached hydrogen (secondary N) is 1. The highest BCUT2D eigenvalue weighted by Gasteiger charge is 2.38. The van der Waals surface area contributed by atoms with Gasteiger partial charge in [-0.05, 0) is 120 Å². The average molecular weight is 807 g/mol. The molecule has 8 rings (SSSR count). The first-order valence-electron chi connectivity index (χ1n) is 20.5. The minimum Gasteiger partial charge on any atom is -0.374 e. The monoisotopic (exact) mass is 806 g/mol. The van der Waals surface area contributed by atoms with Gasteiger partial charge in [-0.3, -0.25) is 9.97 Å². The molecule has 0 radical (unpaired) electrons. The number of pyridine rings is 2. The number of alkyl halides is 5. The van der Waals surface area contributed by atoms with E-state index in [4.69, 9.17) is 9.47 Å². The molecule has 58 heavy (non-hydrogen) atoms. The normalized spacial score (nSPS) is 19.4. The van der Waals surface area contributed by atoms with Crippen molar-refractivity contribution in [3.05, 3.63) is 130 Å². The van der Waals surface area contributed by atoms with Gasteiger partial charge in [0.2, 0.25) is 0 Å². The average Bonchev–Trinajstić information content (AvgIpc) is 4.14. The minimum absolute atomic E-state index is 0. The number of rotatable bonds is 13. The third-order valence-corrected chi connectivity index (χ3v) is 12.2. The summed E-state index contributed by atoms with van der Waals surface area (Å²) in [6.45, 7) is 6.26. The van der Waals surface area contributed by atoms with Crippen LogP contribution in [-0.4, -0.2) is 61.3 Å². The molecule has 0 amide bonds. The summed E-state index contributed by atoms with van der Waals surface area (Å²) in [6, 6.07) is 26.2. The molecule has 0 atom stereocenters. The van der Waals surface area contributed by atoms with Crippen molar-refractivity contribution in [1.29, 1.82) is 0 Å². The van der Waals surface area contributed by atoms with Crippen LogP contribution in [0.2, 0.25) is 0 Å². The fourth-order valence-corrected chi connectivity index (χ4v) is 8.23. The zero-order valence-corrected chi connectivity index (χ0v) is 33.1. The molecule has 2 saturated heterocycles. The van der Waals surface area contributed by atoms with Gasteiger partial charge in [0.15, 0.2) is 0 Å². The molecule has 2 aromatic heterocycles. The van der Waals surface area contributed by atoms with E-state index in [1.54, 1.807) is 6.07 Å². The fraction of sp³-hybridized carbons (Fsp3) is 0.532. The number of nitrogens with zero attached hydrogens (tertiary/aromatic N) is 3. The van der Waals surface area contributed by atoms with Crippen molar-refractivity contribution in [2.75, 3.05) is 46.4 Å². The molecule has 0 bridgehead atoms. The quantitative estimate of drug-likeness (QED) is 0.136. The van der Waals surface area contributed by atoms with Crippen LogP contribution < -0.4 is 5.32 Å². The number of benzene rings is 2. The fourth-order valence-electron chi connectivity index (χ4n) is 8.23. The Balaban J connectivity index is 0.000000192. The van der Waals surface area contributed by atoms with Crippen LogP contribution >= 0.6 is 0 Å². The second-order valence-corrected chi connectivity index (χ2v) is 16.8. The molecule has 11 heteroatoms. The molecular formula is C47H59F5N4O2. The summed E-state index contributed by atoms with van der Waals surface area (Å²) in [5, 5.41) is 3.38. The topological polar surface area (TPSA) is 59.5 Å². The van der Waals surface area contributed by atoms with Crippen LogP contribution in [-0.2, 0) is 45.6 Å². The van der Waals surface area contributed by atoms with E-state index >= 15 is 0 Å². The summed E-state index contributed by atoms with van der Waals surface area (Å²) in [5.41, 5.74) is 4.14. The van der Waals surface area contributed by atoms with Crippen molar-refractivity contribution in [1.82, 2.24) is 20.2 Å². The largest absolute Gasteiger partial charge is 0.416 e. The second kappa shape index (κ2) is 18.7. The first-order valence-corrected chi connectivity index (χ1v) is 20.5. The van der Waals surface area contributed by atoms with Crippen LogP contribution in [0.4, 0.5) is 22.0 Å². The summed E-state index contributed by atoms with van der Waals surface area (Å²) in [6.07, 6.45) is 3.50. The highest BCUT2D eigenvalue weighted by molar-refractivity contribution is 5.31. The Morgan fingerprint density at radius 1 is 0.655 bits per heavy atom. The Labute approximate surface area is 341 Å². The molecule has 6 nitrogen and oxygen atoms in total. The van der Waals surface area contributed by atoms with Crippen LogP contribution in [0.3, 0.4) is 0 Å². The van der Waals surface area contributed by atoms with Crippen molar-refractivity contribution in [3.63, 3.8) is 0 Å². The standard InChI is InChI=1S/C24H30F2N2O.C22H25F3N2O.CH4/c1-23(25,26)20-14-21(27-22(15-20)18-8-9-18)16-29-17-24(10-12-28(2)13-11-24)19-6-4-3-5-7-19;23-22(24,25)18-12-19(27-20(13-18)16-6-7-16)14-28-15-21(8-10-26-11-9-21)17-4-2-1-3-5-17;/h3-7,14-15,18H,8-13,16-17H2,1-2H3;1-5,12-13,16,26H,6-11,14-15H2;1H4. The maximum atomic E-state index is 14.0. The lowest BCUT2D eigenvalue weighted by Gasteiger charge is -2.41. The predicted octanol–water partition coefficient (Wildman–Crippen LogP) is 10.7. The van der Waals surface area contributed by atoms with Gasteiger partial charge in [0, 0.05) is 46.5 Å². The molecule has 314 valence electrons. The van der Waals surface area contributed by atoms with Gasteiger partial charge >= 0.3 is 6.18 Å². The Hall–Kier alpha value is -3.77. The van der Waals surface area contributed by atoms with Crippen LogP contribution in [0.1, 0.15) is 123 Å². The molecule has 0 spiro atoms. The predicted molar refractivity (Wildman–Crippen MR) is 218 cm³/mol. The minimum atomic E-state index is -4.36. The van der Waals surface area contributed by atoms with Crippen LogP contribution in [0.25, 0.3) is 0 Å². The molecule has 0 unspecified atom stereocenters. The van der Waals surface area contributed by atoms with Crippen molar-refractivity contribution in [2.24, 2.45) is 0 Å². The lowest BCUT2D eigenvalue weighted by atomic mass is 9.73. The Morgan fingerprint density at radius 2 is 1.09 bits per heavy atom. The Morgan fingerprint density at radius 3 is 1.52 bits per heavy atom. The van der Waals surface area contributed by atoms with Crippen molar-refractivity contribution in [2.45, 2.75) is 114 Å². The molecular weight excluding hydrogens is 748 g/mol. The van der Waals surface area contributed by atoms with Gasteiger partial charge in [-0.1, -0.05) is 68.1 Å². The lowest BCUT2D eigenvalue weighted by Crippen LogP contribution is -2.43. The highest BCUT2D eigenvalue weighted by Crippen LogP contribution is 2.43. The van der Waals surface area contributed by atoms with E-state index in [1.807, 2.05) is 24.3 Å². The molecule has 4 aliphatic rings. The van der Waals surface area contributed by atoms with Crippen LogP contribution in [0, 0.1) is 0 Å². The number of hydrogen-bond acceptors (Lipinski definition) is 6. The van der Waals surface area contributed by atoms with E-state index in [0.717, 1.165) is 96.2 Å². The molecule has 4 fully saturated rings. The summed E-state index contributed by atoms with van der Waals surface area (Å²) < 4.78 is 79.8. The van der Waals surface area contributed by atoms with Gasteiger partial charge in [0.1, 0.15) is 0 Å². The molecule has 4 heterocycles. The molecule has 1 N–H and O–H groups in total. The highest BCUT2D eigenvalue weighted by atomic mass is 19.4. The van der Waals surface area contributed by atoms with Crippen molar-refractivity contribution < 1.29 is 31.4 Å². The van der Waals surface area contributed by atoms with Crippen molar-refractivity contribution in [3.8, 4) is 0 Å². The van der Waals surface area contributed by atoms with E-state index in [9.17, 15) is 22.0 Å². The van der Waals surface area contributed by atoms with Gasteiger partial charge in [0.25, 0.3) is 5.92 Å². The lowest BCUT2D eigenvalue weighted by molar-refractivity contribution is -0.137. The van der Waals surface area contributed by atoms with E-state index in [1.165, 1.54) is 23.3 Å². The number of aromatic nitrogens is 2. The summed E-state index contributed by atoms with van der Waals surface area (Å²) >= 11 is 0. The summed E-state index contributed by atoms with van der Waals surface area (Å²) in [7, 11) is 2.15. The number of halogens is 5. The second-order valence-electron chi connectivity index (χ2n) is 16.8. The van der Waals surface area contributed by atoms with E-state index in [0.29, 0.717) is 36.2 Å². The Bertz CT molecular complexity index is 1900. The van der Waals surface area contributed by atoms with Gasteiger partial charge in [-0.2, -0.15) is 13.2 Å². The van der Waals surface area contributed by atoms with Gasteiger partial charge in [-0.25, -0.2) is 8.78 Å². The number of hydrogen-bond donors (Lipinski definition) is 1. The van der Waals surface area contributed by atoms with Crippen LogP contribution in [0.15, 0.2) is 84.9 Å². The van der Waals surface area contributed by atoms with E-state index < -0.39 is 17.7 Å². The zero-order valence-electron chi connectivity index (χ0n) is 33.1. The van der Waals surface area contributed by atoms with Gasteiger partial charge in [-0.15, -0.1) is 0 Å². The van der Waals surface area contributed by atoms with Gasteiger partial charge < -0.3 is 19.7 Å². The smallest absolute Gasteiger partial charge is 0.374 e. The first-order chi connectivity index (χ1) is 27.3. The van der Waals surface area contributed by atoms with Crippen LogP contribution in [0.5, 0.6) is 0 Å². The molecule has 2 aromatic carbocycles. The maximum Gasteiger partial charge on any atom is 0.416 e. The van der Waals surface area contributed by atoms with E-state index in [-0.39, 0.29) is 43.0 Å². The number of likely N-dealkylation sites (tertiary alicyclic amines) is 1. The SMILES string of the molecule is C.CN1CCC(COCc2cc(C(C)(F)F)cc(C3CC3)n2)(c2ccccc2)CC1.FC(F)(F)c1cc(COCC2(c3ccccc3)CCNCC2)nc(C2CC2)c1. The molecule has 2 aliphatic heterocycles. The first kappa shape index (κ1) is 43.8. The number of piperidine rings is 2. The summed E-state index contributed by atoms with van der Waals surface area (Å²) in [5.74, 6) is -2.36. The Kier molecular flexibility index (Phi) is 14.1. The van der Waals surface area contributed by atoms with Crippen molar-refractivity contribution >= 4 is 0 Å². The molecule has 4 aromatic rings. The third kappa shape index (κ3) is 11.3.